The highest BCUT2D eigenvalue weighted by Crippen LogP contribution is 2.16. The van der Waals surface area contributed by atoms with Crippen LogP contribution in [0.3, 0.4) is 0 Å². The zero-order valence-electron chi connectivity index (χ0n) is 11.5. The third-order valence-corrected chi connectivity index (χ3v) is 3.60. The second kappa shape index (κ2) is 5.84. The van der Waals surface area contributed by atoms with Crippen molar-refractivity contribution in [3.05, 3.63) is 60.0 Å². The molecule has 2 heterocycles. The largest absolute Gasteiger partial charge is 0.312 e. The molecule has 4 heteroatoms. The maximum Gasteiger partial charge on any atom is 0.0695 e. The summed E-state index contributed by atoms with van der Waals surface area (Å²) in [4.78, 5) is 4.05. The molecule has 0 amide bonds. The van der Waals surface area contributed by atoms with Gasteiger partial charge in [0.1, 0.15) is 0 Å². The van der Waals surface area contributed by atoms with Crippen LogP contribution >= 0.6 is 0 Å². The number of benzene rings is 1. The van der Waals surface area contributed by atoms with Gasteiger partial charge in [-0.1, -0.05) is 25.1 Å². The Morgan fingerprint density at radius 1 is 1.20 bits per heavy atom. The molecule has 0 spiro atoms. The minimum atomic E-state index is 0.471. The first-order valence-electron chi connectivity index (χ1n) is 6.86. The number of hydrogen-bond acceptors (Lipinski definition) is 3. The molecule has 0 aliphatic rings. The molecule has 1 aromatic carbocycles. The highest BCUT2D eigenvalue weighted by molar-refractivity contribution is 5.81. The number of pyridine rings is 1. The Hall–Kier alpha value is -2.20. The van der Waals surface area contributed by atoms with E-state index in [1.165, 1.54) is 11.1 Å². The smallest absolute Gasteiger partial charge is 0.0695 e. The second-order valence-electron chi connectivity index (χ2n) is 5.06. The molecule has 20 heavy (non-hydrogen) atoms. The molecule has 0 radical (unpaired) electrons. The molecule has 2 aromatic heterocycles. The molecule has 0 saturated heterocycles. The van der Waals surface area contributed by atoms with E-state index in [4.69, 9.17) is 0 Å². The molecule has 2 N–H and O–H groups in total. The SMILES string of the molecule is CC(CNCc1cccc2cn[nH]c12)c1ccncc1. The van der Waals surface area contributed by atoms with Crippen LogP contribution in [0.1, 0.15) is 24.0 Å². The Labute approximate surface area is 118 Å². The van der Waals surface area contributed by atoms with Crippen molar-refractivity contribution in [3.8, 4) is 0 Å². The first kappa shape index (κ1) is 12.8. The quantitative estimate of drug-likeness (QED) is 0.746. The fraction of sp³-hybridized carbons (Fsp3) is 0.250. The van der Waals surface area contributed by atoms with Crippen LogP contribution in [0.2, 0.25) is 0 Å². The van der Waals surface area contributed by atoms with Crippen LogP contribution in [-0.4, -0.2) is 21.7 Å². The summed E-state index contributed by atoms with van der Waals surface area (Å²) in [5, 5.41) is 11.8. The van der Waals surface area contributed by atoms with E-state index in [-0.39, 0.29) is 0 Å². The standard InChI is InChI=1S/C16H18N4/c1-12(13-5-7-17-8-6-13)9-18-10-14-3-2-4-15-11-19-20-16(14)15/h2-8,11-12,18H,9-10H2,1H3,(H,19,20). The summed E-state index contributed by atoms with van der Waals surface area (Å²) in [6.07, 6.45) is 5.55. The number of H-pyrrole nitrogens is 1. The van der Waals surface area contributed by atoms with Crippen molar-refractivity contribution in [1.82, 2.24) is 20.5 Å². The molecule has 0 fully saturated rings. The first-order chi connectivity index (χ1) is 9.84. The van der Waals surface area contributed by atoms with E-state index in [0.29, 0.717) is 5.92 Å². The number of nitrogens with one attached hydrogen (secondary N) is 2. The number of aromatic nitrogens is 3. The van der Waals surface area contributed by atoms with Crippen LogP contribution < -0.4 is 5.32 Å². The van der Waals surface area contributed by atoms with Crippen molar-refractivity contribution in [2.75, 3.05) is 6.54 Å². The zero-order chi connectivity index (χ0) is 13.8. The third kappa shape index (κ3) is 2.70. The predicted octanol–water partition coefficient (Wildman–Crippen LogP) is 2.85. The van der Waals surface area contributed by atoms with Gasteiger partial charge in [0.2, 0.25) is 0 Å². The molecule has 0 aliphatic heterocycles. The fourth-order valence-electron chi connectivity index (χ4n) is 2.41. The van der Waals surface area contributed by atoms with Gasteiger partial charge in [-0.2, -0.15) is 5.10 Å². The van der Waals surface area contributed by atoms with Crippen LogP contribution in [0.25, 0.3) is 10.9 Å². The summed E-state index contributed by atoms with van der Waals surface area (Å²) in [5.74, 6) is 0.471. The van der Waals surface area contributed by atoms with E-state index in [1.807, 2.05) is 18.6 Å². The topological polar surface area (TPSA) is 53.6 Å². The van der Waals surface area contributed by atoms with Gasteiger partial charge in [-0.15, -0.1) is 0 Å². The summed E-state index contributed by atoms with van der Waals surface area (Å²) in [6.45, 7) is 4.00. The molecule has 1 atom stereocenters. The molecule has 4 nitrogen and oxygen atoms in total. The minimum absolute atomic E-state index is 0.471. The predicted molar refractivity (Wildman–Crippen MR) is 80.5 cm³/mol. The normalized spacial score (nSPS) is 12.7. The van der Waals surface area contributed by atoms with Gasteiger partial charge in [-0.25, -0.2) is 0 Å². The molecular weight excluding hydrogens is 248 g/mol. The first-order valence-corrected chi connectivity index (χ1v) is 6.86. The van der Waals surface area contributed by atoms with Gasteiger partial charge in [0.25, 0.3) is 0 Å². The number of fused-ring (bicyclic) bond motifs is 1. The lowest BCUT2D eigenvalue weighted by atomic mass is 10.0. The average Bonchev–Trinajstić information content (AvgIpc) is 2.97. The average molecular weight is 266 g/mol. The fourth-order valence-corrected chi connectivity index (χ4v) is 2.41. The Balaban J connectivity index is 1.61. The van der Waals surface area contributed by atoms with Crippen LogP contribution in [0.15, 0.2) is 48.9 Å². The maximum absolute atomic E-state index is 4.09. The van der Waals surface area contributed by atoms with Crippen molar-refractivity contribution in [2.24, 2.45) is 0 Å². The third-order valence-electron chi connectivity index (χ3n) is 3.60. The van der Waals surface area contributed by atoms with E-state index in [2.05, 4.69) is 57.8 Å². The summed E-state index contributed by atoms with van der Waals surface area (Å²) in [7, 11) is 0. The Morgan fingerprint density at radius 3 is 2.90 bits per heavy atom. The van der Waals surface area contributed by atoms with Crippen molar-refractivity contribution >= 4 is 10.9 Å². The highest BCUT2D eigenvalue weighted by atomic mass is 15.1. The summed E-state index contributed by atoms with van der Waals surface area (Å²) in [6, 6.07) is 10.4. The molecular formula is C16H18N4. The molecule has 0 bridgehead atoms. The van der Waals surface area contributed by atoms with Crippen LogP contribution in [-0.2, 0) is 6.54 Å². The van der Waals surface area contributed by atoms with Gasteiger partial charge >= 0.3 is 0 Å². The summed E-state index contributed by atoms with van der Waals surface area (Å²) in [5.41, 5.74) is 3.69. The Bertz CT molecular complexity index is 675. The highest BCUT2D eigenvalue weighted by Gasteiger charge is 2.06. The van der Waals surface area contributed by atoms with Gasteiger partial charge in [-0.3, -0.25) is 10.1 Å². The number of para-hydroxylation sites is 1. The summed E-state index contributed by atoms with van der Waals surface area (Å²) < 4.78 is 0. The van der Waals surface area contributed by atoms with Gasteiger partial charge in [0.15, 0.2) is 0 Å². The Morgan fingerprint density at radius 2 is 2.05 bits per heavy atom. The van der Waals surface area contributed by atoms with Crippen molar-refractivity contribution in [3.63, 3.8) is 0 Å². The molecule has 0 saturated carbocycles. The lowest BCUT2D eigenvalue weighted by Gasteiger charge is -2.13. The molecule has 3 rings (SSSR count). The molecule has 102 valence electrons. The molecule has 1 unspecified atom stereocenters. The van der Waals surface area contributed by atoms with Gasteiger partial charge in [-0.05, 0) is 29.2 Å². The molecule has 0 aliphatic carbocycles. The zero-order valence-corrected chi connectivity index (χ0v) is 11.5. The number of hydrogen-bond donors (Lipinski definition) is 2. The van der Waals surface area contributed by atoms with E-state index in [9.17, 15) is 0 Å². The van der Waals surface area contributed by atoms with E-state index < -0.39 is 0 Å². The lowest BCUT2D eigenvalue weighted by molar-refractivity contribution is 0.616. The minimum Gasteiger partial charge on any atom is -0.312 e. The van der Waals surface area contributed by atoms with E-state index >= 15 is 0 Å². The van der Waals surface area contributed by atoms with Crippen molar-refractivity contribution < 1.29 is 0 Å². The van der Waals surface area contributed by atoms with Crippen molar-refractivity contribution in [2.45, 2.75) is 19.4 Å². The van der Waals surface area contributed by atoms with Gasteiger partial charge in [0.05, 0.1) is 11.7 Å². The van der Waals surface area contributed by atoms with Crippen LogP contribution in [0.4, 0.5) is 0 Å². The van der Waals surface area contributed by atoms with E-state index in [0.717, 1.165) is 24.0 Å². The second-order valence-corrected chi connectivity index (χ2v) is 5.06. The van der Waals surface area contributed by atoms with Gasteiger partial charge < -0.3 is 5.32 Å². The molecule has 3 aromatic rings. The van der Waals surface area contributed by atoms with Crippen molar-refractivity contribution in [1.29, 1.82) is 0 Å². The maximum atomic E-state index is 4.09. The number of rotatable bonds is 5. The summed E-state index contributed by atoms with van der Waals surface area (Å²) >= 11 is 0. The van der Waals surface area contributed by atoms with Crippen LogP contribution in [0.5, 0.6) is 0 Å². The Kier molecular flexibility index (Phi) is 3.74. The van der Waals surface area contributed by atoms with Gasteiger partial charge in [0, 0.05) is 30.9 Å². The van der Waals surface area contributed by atoms with Crippen LogP contribution in [0, 0.1) is 0 Å². The lowest BCUT2D eigenvalue weighted by Crippen LogP contribution is -2.19. The number of aromatic amines is 1. The monoisotopic (exact) mass is 266 g/mol. The number of nitrogens with zero attached hydrogens (tertiary/aromatic N) is 2. The van der Waals surface area contributed by atoms with E-state index in [1.54, 1.807) is 0 Å².